The number of carboxylic acids is 1. The van der Waals surface area contributed by atoms with E-state index in [1.54, 1.807) is 19.1 Å². The lowest BCUT2D eigenvalue weighted by Crippen LogP contribution is -2.62. The van der Waals surface area contributed by atoms with Crippen LogP contribution < -0.4 is 63.9 Å². The van der Waals surface area contributed by atoms with Crippen LogP contribution in [0.15, 0.2) is 78.9 Å². The highest BCUT2D eigenvalue weighted by Gasteiger charge is 2.49. The van der Waals surface area contributed by atoms with Gasteiger partial charge in [0.15, 0.2) is 18.9 Å². The van der Waals surface area contributed by atoms with Gasteiger partial charge in [-0.3, -0.25) is 62.3 Å². The van der Waals surface area contributed by atoms with Gasteiger partial charge in [-0.25, -0.2) is 0 Å². The van der Waals surface area contributed by atoms with Crippen molar-refractivity contribution in [1.29, 1.82) is 0 Å². The Morgan fingerprint density at radius 1 is 0.373 bits per heavy atom. The number of rotatable bonds is 75. The molecule has 4 aliphatic heterocycles. The molecule has 0 saturated carbocycles. The van der Waals surface area contributed by atoms with Crippen LogP contribution in [0.3, 0.4) is 0 Å². The fourth-order valence-electron chi connectivity index (χ4n) is 17.1. The number of nitrogens with zero attached hydrogens (tertiary/aromatic N) is 1. The first-order valence-electron chi connectivity index (χ1n) is 52.0. The Kier molecular flexibility index (Phi) is 59.1. The molecule has 4 fully saturated rings. The number of aliphatic hydroxyl groups is 6. The Hall–Kier alpha value is -10.4. The number of hydrogen-bond acceptors (Lipinski definition) is 38. The third-order valence-corrected chi connectivity index (χ3v) is 25.5. The maximum absolute atomic E-state index is 14.5. The topological polar surface area (TPSA) is 677 Å². The molecule has 17 atom stereocenters. The third-order valence-electron chi connectivity index (χ3n) is 25.5. The van der Waals surface area contributed by atoms with Crippen LogP contribution in [0, 0.1) is 0 Å². The summed E-state index contributed by atoms with van der Waals surface area (Å²) in [6.45, 7) is 2.92. The van der Waals surface area contributed by atoms with E-state index < -0.39 is 175 Å². The van der Waals surface area contributed by atoms with Crippen molar-refractivity contribution in [2.24, 2.45) is 17.2 Å². The van der Waals surface area contributed by atoms with Crippen molar-refractivity contribution in [3.8, 4) is 11.5 Å². The standard InChI is InChI=1S/C103H161N11O36/c1-67(115)143-61-77-93(129)96(132)90(104)99(148-77)140-52-20-17-28-80(118)107-46-23-49-110-83(121)43-55-137-64-102(65-138-56-44-84(122)111-50-24-47-108-81(119)29-18-21-53-141-100-91(105)97(133)94(130)78(149-100)62-144-68(2)116,66-139-57-45-85(123)112-51-25-48-109-82(120)30-19-22-54-142-101-92(106)98(134)95(131)79(150-101)63-145-69(3)117)113-86(124)31-15-10-8-6-7-9-11-16-32-87(125)114-59-76(147-89(128)42-41-88(126)127)58-73(114)60-146-103(70-26-13-12-14-27-70,71-33-37-74(135-4)38-34-71)72-35-39-75(136-5)40-36-72/h12-14,26-27,33-40,73,76-79,90-101,129-134H,6-11,15-25,28-32,41-66,104-106H2,1-5H3,(H,107,118)(H,108,119)(H,109,120)(H,110,121)(H,111,122)(H,112,123)(H,113,124)(H,126,127)/t73-,76+,77?,78?,79?,90?,91?,92?,93?,94?,95?,96?,97?,98?,99?,100?,101?,102?/m0/s1. The minimum Gasteiger partial charge on any atom is -0.497 e. The summed E-state index contributed by atoms with van der Waals surface area (Å²) in [5, 5.41) is 91.7. The van der Waals surface area contributed by atoms with Gasteiger partial charge >= 0.3 is 29.8 Å². The van der Waals surface area contributed by atoms with Crippen molar-refractivity contribution in [3.63, 3.8) is 0 Å². The number of nitrogens with two attached hydrogens (primary N) is 3. The van der Waals surface area contributed by atoms with E-state index in [0.717, 1.165) is 48.8 Å². The number of esters is 4. The lowest BCUT2D eigenvalue weighted by Gasteiger charge is -2.40. The number of aliphatic carboxylic acids is 1. The SMILES string of the molecule is COc1ccc(C(OC[C@@H]2C[C@@H](OC(=O)CCC(=O)O)CN2C(=O)CCCCCCCCCCC(=O)NC(COCCC(=O)NCCCNC(=O)CCCCOC2OC(COC(C)=O)C(O)C(O)C2N)(COCCC(=O)NCCCNC(=O)CCCCOC2OC(COC(C)=O)C(O)C(O)C2N)COCCC(=O)NCCCNC(=O)CCCCOC2OC(COC(C)=O)C(O)C(O)C2N)(c2ccccc2)c2ccc(OC)cc2)cc1. The molecule has 8 amide bonds. The molecule has 47 nitrogen and oxygen atoms in total. The number of amides is 8. The van der Waals surface area contributed by atoms with Gasteiger partial charge in [-0.1, -0.05) is 93.1 Å². The first-order valence-corrected chi connectivity index (χ1v) is 52.0. The number of methoxy groups -OCH3 is 2. The average molecular weight is 2130 g/mol. The zero-order valence-electron chi connectivity index (χ0n) is 86.9. The summed E-state index contributed by atoms with van der Waals surface area (Å²) < 4.78 is 91.6. The first-order chi connectivity index (χ1) is 72.0. The Morgan fingerprint density at radius 2 is 0.700 bits per heavy atom. The van der Waals surface area contributed by atoms with Gasteiger partial charge in [-0.15, -0.1) is 0 Å². The molecule has 20 N–H and O–H groups in total. The minimum atomic E-state index is -1.48. The van der Waals surface area contributed by atoms with Gasteiger partial charge in [0.05, 0.1) is 104 Å². The summed E-state index contributed by atoms with van der Waals surface area (Å²) >= 11 is 0. The highest BCUT2D eigenvalue weighted by Crippen LogP contribution is 2.43. The number of likely N-dealkylation sites (tertiary alicyclic amines) is 1. The molecule has 150 heavy (non-hydrogen) atoms. The molecule has 15 unspecified atom stereocenters. The Labute approximate surface area is 875 Å². The Morgan fingerprint density at radius 3 is 1.05 bits per heavy atom. The van der Waals surface area contributed by atoms with E-state index in [0.29, 0.717) is 88.5 Å². The number of nitrogens with one attached hydrogen (secondary N) is 7. The van der Waals surface area contributed by atoms with Crippen molar-refractivity contribution in [3.05, 3.63) is 95.6 Å². The van der Waals surface area contributed by atoms with Crippen LogP contribution in [0.1, 0.15) is 217 Å². The zero-order chi connectivity index (χ0) is 109. The molecule has 0 aromatic heterocycles. The summed E-state index contributed by atoms with van der Waals surface area (Å²) in [7, 11) is 3.16. The summed E-state index contributed by atoms with van der Waals surface area (Å²) in [6.07, 6.45) is -6.87. The van der Waals surface area contributed by atoms with Crippen LogP contribution >= 0.6 is 0 Å². The molecule has 4 saturated heterocycles. The van der Waals surface area contributed by atoms with Crippen LogP contribution in [0.4, 0.5) is 0 Å². The number of ether oxygens (including phenoxy) is 16. The second-order valence-corrected chi connectivity index (χ2v) is 37.7. The van der Waals surface area contributed by atoms with Crippen molar-refractivity contribution in [2.45, 2.75) is 316 Å². The minimum absolute atomic E-state index is 0.0152. The van der Waals surface area contributed by atoms with E-state index >= 15 is 0 Å². The molecule has 4 aliphatic rings. The highest BCUT2D eigenvalue weighted by atomic mass is 16.7. The number of unbranched alkanes of at least 4 members (excludes halogenated alkanes) is 10. The van der Waals surface area contributed by atoms with E-state index in [-0.39, 0.29) is 220 Å². The zero-order valence-corrected chi connectivity index (χ0v) is 86.9. The number of hydrogen-bond donors (Lipinski definition) is 17. The van der Waals surface area contributed by atoms with E-state index in [1.165, 1.54) is 20.8 Å². The Bertz CT molecular complexity index is 4230. The van der Waals surface area contributed by atoms with Gasteiger partial charge in [-0.05, 0) is 112 Å². The monoisotopic (exact) mass is 2130 g/mol. The normalized spacial score (nSPS) is 22.5. The molecule has 4 heterocycles. The van der Waals surface area contributed by atoms with E-state index in [9.17, 15) is 98.1 Å². The van der Waals surface area contributed by atoms with Crippen LogP contribution in [0.2, 0.25) is 0 Å². The third kappa shape index (κ3) is 46.3. The van der Waals surface area contributed by atoms with Gasteiger partial charge in [0.1, 0.15) is 103 Å². The predicted octanol–water partition coefficient (Wildman–Crippen LogP) is 0.805. The number of carboxylic acid groups (broad SMARTS) is 1. The quantitative estimate of drug-likeness (QED) is 0.0161. The van der Waals surface area contributed by atoms with Crippen LogP contribution in [-0.2, 0) is 134 Å². The van der Waals surface area contributed by atoms with Gasteiger partial charge in [0, 0.05) is 138 Å². The summed E-state index contributed by atoms with van der Waals surface area (Å²) in [5.74, 6) is -4.89. The number of aliphatic hydroxyl groups excluding tert-OH is 6. The van der Waals surface area contributed by atoms with Crippen molar-refractivity contribution >= 4 is 77.1 Å². The molecule has 0 spiro atoms. The maximum atomic E-state index is 14.5. The number of carbonyl (C=O) groups excluding carboxylic acids is 12. The van der Waals surface area contributed by atoms with Crippen molar-refractivity contribution in [1.82, 2.24) is 42.1 Å². The van der Waals surface area contributed by atoms with Gasteiger partial charge in [-0.2, -0.15) is 0 Å². The number of benzene rings is 3. The average Bonchev–Trinajstić information content (AvgIpc) is 1.00. The molecule has 0 bridgehead atoms. The fraction of sp³-hybridized carbons (Fsp3) is 0.699. The van der Waals surface area contributed by atoms with E-state index in [4.69, 9.17) is 93.0 Å². The fourth-order valence-corrected chi connectivity index (χ4v) is 17.1. The van der Waals surface area contributed by atoms with Crippen LogP contribution in [0.25, 0.3) is 0 Å². The van der Waals surface area contributed by atoms with Crippen LogP contribution in [0.5, 0.6) is 11.5 Å². The lowest BCUT2D eigenvalue weighted by molar-refractivity contribution is -0.267. The molecular formula is C103H161N11O36. The second kappa shape index (κ2) is 70.0. The second-order valence-electron chi connectivity index (χ2n) is 37.7. The first kappa shape index (κ1) is 127. The molecule has 3 aromatic carbocycles. The summed E-state index contributed by atoms with van der Waals surface area (Å²) in [5.41, 5.74) is 17.7. The van der Waals surface area contributed by atoms with Gasteiger partial charge in [0.25, 0.3) is 0 Å². The summed E-state index contributed by atoms with van der Waals surface area (Å²) in [6, 6.07) is 20.9. The molecule has 47 heteroatoms. The lowest BCUT2D eigenvalue weighted by atomic mass is 9.80. The molecular weight excluding hydrogens is 1970 g/mol. The van der Waals surface area contributed by atoms with Gasteiger partial charge < -0.3 is 171 Å². The molecule has 3 aromatic rings. The van der Waals surface area contributed by atoms with Crippen LogP contribution in [-0.4, -0.2) is 373 Å². The molecule has 7 rings (SSSR count). The molecule has 0 radical (unpaired) electrons. The largest absolute Gasteiger partial charge is 0.497 e. The van der Waals surface area contributed by atoms with Crippen molar-refractivity contribution < 1.29 is 174 Å². The maximum Gasteiger partial charge on any atom is 0.306 e. The summed E-state index contributed by atoms with van der Waals surface area (Å²) in [4.78, 5) is 167. The molecule has 0 aliphatic carbocycles. The molecule has 844 valence electrons. The smallest absolute Gasteiger partial charge is 0.306 e. The van der Waals surface area contributed by atoms with E-state index in [2.05, 4.69) is 37.2 Å². The number of carbonyl (C=O) groups is 13. The highest BCUT2D eigenvalue weighted by molar-refractivity contribution is 5.80. The predicted molar refractivity (Wildman–Crippen MR) is 536 cm³/mol. The van der Waals surface area contributed by atoms with E-state index in [1.807, 2.05) is 78.9 Å². The Balaban J connectivity index is 0.929. The van der Waals surface area contributed by atoms with Crippen molar-refractivity contribution in [2.75, 3.05) is 146 Å². The van der Waals surface area contributed by atoms with Gasteiger partial charge in [0.2, 0.25) is 47.3 Å².